The minimum Gasteiger partial charge on any atom is -0.385 e. The van der Waals surface area contributed by atoms with Crippen LogP contribution in [0.15, 0.2) is 0 Å². The Hall–Kier alpha value is -0.850. The average Bonchev–Trinajstić information content (AvgIpc) is 2.73. The van der Waals surface area contributed by atoms with Gasteiger partial charge < -0.3 is 20.9 Å². The third-order valence-electron chi connectivity index (χ3n) is 3.17. The maximum absolute atomic E-state index is 10.3. The maximum atomic E-state index is 10.3. The second kappa shape index (κ2) is 4.20. The number of nitrogens with one attached hydrogen (secondary N) is 1. The van der Waals surface area contributed by atoms with Crippen LogP contribution in [0.5, 0.6) is 0 Å². The third kappa shape index (κ3) is 2.00. The number of hydrogen-bond acceptors (Lipinski definition) is 6. The highest BCUT2D eigenvalue weighted by Gasteiger charge is 2.39. The molecule has 1 aromatic rings. The van der Waals surface area contributed by atoms with Crippen LogP contribution in [0, 0.1) is 6.92 Å². The lowest BCUT2D eigenvalue weighted by atomic mass is 9.97. The van der Waals surface area contributed by atoms with Gasteiger partial charge in [0.15, 0.2) is 0 Å². The van der Waals surface area contributed by atoms with Gasteiger partial charge in [-0.1, -0.05) is 0 Å². The van der Waals surface area contributed by atoms with E-state index in [0.717, 1.165) is 10.6 Å². The highest BCUT2D eigenvalue weighted by atomic mass is 32.1. The first-order valence-electron chi connectivity index (χ1n) is 5.32. The summed E-state index contributed by atoms with van der Waals surface area (Å²) < 4.78 is 9.41. The largest absolute Gasteiger partial charge is 0.385 e. The normalized spacial score (nSPS) is 29.6. The Morgan fingerprint density at radius 3 is 3.00 bits per heavy atom. The summed E-state index contributed by atoms with van der Waals surface area (Å²) in [4.78, 5) is 0. The van der Waals surface area contributed by atoms with E-state index in [4.69, 9.17) is 10.5 Å². The van der Waals surface area contributed by atoms with Crippen LogP contribution in [0.3, 0.4) is 0 Å². The molecule has 0 radical (unpaired) electrons. The molecule has 90 valence electrons. The molecule has 16 heavy (non-hydrogen) atoms. The monoisotopic (exact) mass is 243 g/mol. The highest BCUT2D eigenvalue weighted by molar-refractivity contribution is 7.10. The topological polar surface area (TPSA) is 80.4 Å². The summed E-state index contributed by atoms with van der Waals surface area (Å²) in [5, 5.41) is 14.4. The molecule has 0 aromatic carbocycles. The molecule has 2 unspecified atom stereocenters. The third-order valence-corrected chi connectivity index (χ3v) is 4.10. The van der Waals surface area contributed by atoms with E-state index in [1.165, 1.54) is 11.5 Å². The summed E-state index contributed by atoms with van der Waals surface area (Å²) in [5.41, 5.74) is 5.81. The molecule has 1 fully saturated rings. The first-order chi connectivity index (χ1) is 7.53. The number of hydrogen-bond donors (Lipinski definition) is 3. The minimum absolute atomic E-state index is 0.134. The zero-order chi connectivity index (χ0) is 11.8. The van der Waals surface area contributed by atoms with Crippen molar-refractivity contribution in [3.05, 3.63) is 5.56 Å². The van der Waals surface area contributed by atoms with E-state index < -0.39 is 5.60 Å². The standard InChI is InChI=1S/C10H17N3O2S/c1-6-8(11)13-16-9(6)12-5-10(14)3-4-15-7(10)2/h7,12,14H,3-5H2,1-2H3,(H2,11,13). The van der Waals surface area contributed by atoms with Crippen molar-refractivity contribution >= 4 is 22.4 Å². The van der Waals surface area contributed by atoms with E-state index in [-0.39, 0.29) is 6.10 Å². The number of nitrogens with two attached hydrogens (primary N) is 1. The molecule has 0 saturated carbocycles. The number of nitrogen functional groups attached to an aromatic ring is 1. The van der Waals surface area contributed by atoms with Crippen LogP contribution in [0.4, 0.5) is 10.8 Å². The van der Waals surface area contributed by atoms with E-state index in [1.54, 1.807) is 0 Å². The molecular formula is C10H17N3O2S. The molecule has 0 bridgehead atoms. The minimum atomic E-state index is -0.787. The van der Waals surface area contributed by atoms with Crippen LogP contribution in [-0.2, 0) is 4.74 Å². The van der Waals surface area contributed by atoms with Crippen molar-refractivity contribution < 1.29 is 9.84 Å². The molecule has 0 aliphatic carbocycles. The first kappa shape index (κ1) is 11.6. The van der Waals surface area contributed by atoms with E-state index >= 15 is 0 Å². The van der Waals surface area contributed by atoms with Gasteiger partial charge in [-0.2, -0.15) is 4.37 Å². The van der Waals surface area contributed by atoms with Crippen molar-refractivity contribution in [2.75, 3.05) is 24.2 Å². The molecule has 2 heterocycles. The highest BCUT2D eigenvalue weighted by Crippen LogP contribution is 2.29. The van der Waals surface area contributed by atoms with Crippen molar-refractivity contribution in [2.45, 2.75) is 32.0 Å². The predicted octanol–water partition coefficient (Wildman–Crippen LogP) is 0.986. The van der Waals surface area contributed by atoms with Crippen LogP contribution in [-0.4, -0.2) is 34.3 Å². The van der Waals surface area contributed by atoms with Gasteiger partial charge in [-0.05, 0) is 25.4 Å². The van der Waals surface area contributed by atoms with Crippen molar-refractivity contribution in [1.29, 1.82) is 0 Å². The van der Waals surface area contributed by atoms with Gasteiger partial charge in [0.2, 0.25) is 0 Å². The van der Waals surface area contributed by atoms with Gasteiger partial charge in [-0.3, -0.25) is 0 Å². The summed E-state index contributed by atoms with van der Waals surface area (Å²) >= 11 is 1.32. The van der Waals surface area contributed by atoms with E-state index in [9.17, 15) is 5.11 Å². The van der Waals surface area contributed by atoms with Crippen molar-refractivity contribution in [1.82, 2.24) is 4.37 Å². The van der Waals surface area contributed by atoms with Crippen LogP contribution >= 0.6 is 11.5 Å². The fraction of sp³-hybridized carbons (Fsp3) is 0.700. The first-order valence-corrected chi connectivity index (χ1v) is 6.10. The van der Waals surface area contributed by atoms with Crippen molar-refractivity contribution in [2.24, 2.45) is 0 Å². The molecule has 1 aromatic heterocycles. The van der Waals surface area contributed by atoms with E-state index in [2.05, 4.69) is 9.69 Å². The summed E-state index contributed by atoms with van der Waals surface area (Å²) in [6.45, 7) is 4.89. The molecule has 2 atom stereocenters. The molecule has 1 aliphatic heterocycles. The Morgan fingerprint density at radius 1 is 1.75 bits per heavy atom. The zero-order valence-corrected chi connectivity index (χ0v) is 10.3. The predicted molar refractivity (Wildman–Crippen MR) is 64.7 cm³/mol. The second-order valence-corrected chi connectivity index (χ2v) is 5.02. The van der Waals surface area contributed by atoms with E-state index in [0.29, 0.717) is 25.4 Å². The molecule has 0 spiro atoms. The molecule has 4 N–H and O–H groups in total. The second-order valence-electron chi connectivity index (χ2n) is 4.24. The van der Waals surface area contributed by atoms with Crippen molar-refractivity contribution in [3.8, 4) is 0 Å². The molecule has 2 rings (SSSR count). The molecule has 5 nitrogen and oxygen atoms in total. The van der Waals surface area contributed by atoms with Gasteiger partial charge >= 0.3 is 0 Å². The zero-order valence-electron chi connectivity index (χ0n) is 9.49. The fourth-order valence-corrected chi connectivity index (χ4v) is 2.45. The van der Waals surface area contributed by atoms with Crippen LogP contribution < -0.4 is 11.1 Å². The summed E-state index contributed by atoms with van der Waals surface area (Å²) in [6, 6.07) is 0. The number of ether oxygens (including phenoxy) is 1. The van der Waals surface area contributed by atoms with Gasteiger partial charge in [0, 0.05) is 25.1 Å². The molecule has 6 heteroatoms. The van der Waals surface area contributed by atoms with Crippen LogP contribution in [0.1, 0.15) is 18.9 Å². The lowest BCUT2D eigenvalue weighted by Crippen LogP contribution is -2.42. The average molecular weight is 243 g/mol. The van der Waals surface area contributed by atoms with Crippen LogP contribution in [0.25, 0.3) is 0 Å². The lowest BCUT2D eigenvalue weighted by molar-refractivity contribution is -0.0175. The SMILES string of the molecule is Cc1c(N)nsc1NCC1(O)CCOC1C. The lowest BCUT2D eigenvalue weighted by Gasteiger charge is -2.26. The van der Waals surface area contributed by atoms with Crippen molar-refractivity contribution in [3.63, 3.8) is 0 Å². The molecule has 1 saturated heterocycles. The van der Waals surface area contributed by atoms with Gasteiger partial charge in [0.1, 0.15) is 16.4 Å². The number of anilines is 2. The Labute approximate surface area is 98.8 Å². The Kier molecular flexibility index (Phi) is 3.05. The Morgan fingerprint density at radius 2 is 2.50 bits per heavy atom. The van der Waals surface area contributed by atoms with E-state index in [1.807, 2.05) is 13.8 Å². The number of aromatic nitrogens is 1. The molecular weight excluding hydrogens is 226 g/mol. The molecule has 1 aliphatic rings. The number of rotatable bonds is 3. The Balaban J connectivity index is 1.99. The summed E-state index contributed by atoms with van der Waals surface area (Å²) in [6.07, 6.45) is 0.527. The molecule has 0 amide bonds. The number of aliphatic hydroxyl groups is 1. The smallest absolute Gasteiger partial charge is 0.142 e. The Bertz CT molecular complexity index is 382. The fourth-order valence-electron chi connectivity index (χ4n) is 1.75. The van der Waals surface area contributed by atoms with Gasteiger partial charge in [0.25, 0.3) is 0 Å². The quantitative estimate of drug-likeness (QED) is 0.737. The maximum Gasteiger partial charge on any atom is 0.142 e. The summed E-state index contributed by atoms with van der Waals surface area (Å²) in [5.74, 6) is 0.551. The summed E-state index contributed by atoms with van der Waals surface area (Å²) in [7, 11) is 0. The van der Waals surface area contributed by atoms with Gasteiger partial charge in [-0.15, -0.1) is 0 Å². The number of nitrogens with zero attached hydrogens (tertiary/aromatic N) is 1. The van der Waals surface area contributed by atoms with Gasteiger partial charge in [0.05, 0.1) is 6.10 Å². The van der Waals surface area contributed by atoms with Crippen LogP contribution in [0.2, 0.25) is 0 Å². The van der Waals surface area contributed by atoms with Gasteiger partial charge in [-0.25, -0.2) is 0 Å².